The summed E-state index contributed by atoms with van der Waals surface area (Å²) in [6.07, 6.45) is 0. The minimum absolute atomic E-state index is 0.264. The fourth-order valence-corrected chi connectivity index (χ4v) is 4.57. The number of thiophene rings is 1. The van der Waals surface area contributed by atoms with Crippen LogP contribution in [0.15, 0.2) is 39.8 Å². The highest BCUT2D eigenvalue weighted by atomic mass is 79.9. The topological polar surface area (TPSA) is 34.4 Å². The van der Waals surface area contributed by atoms with Crippen LogP contribution in [0.25, 0.3) is 10.2 Å². The second-order valence-corrected chi connectivity index (χ2v) is 7.63. The van der Waals surface area contributed by atoms with Crippen molar-refractivity contribution >= 4 is 66.3 Å². The molecule has 1 aromatic carbocycles. The lowest BCUT2D eigenvalue weighted by Crippen LogP contribution is -2.12. The number of rotatable bonds is 1. The van der Waals surface area contributed by atoms with E-state index >= 15 is 0 Å². The standard InChI is InChI=1S/C13H8BrClN2OS2/c1-17-11-7(14)3-2-4-8(11)20-13(17)16-12(18)9-5-6-10(15)19-9/h2-6H,1H3. The molecule has 0 saturated heterocycles. The van der Waals surface area contributed by atoms with Gasteiger partial charge < -0.3 is 4.57 Å². The Morgan fingerprint density at radius 2 is 2.10 bits per heavy atom. The molecule has 3 rings (SSSR count). The van der Waals surface area contributed by atoms with Crippen LogP contribution in [0, 0.1) is 0 Å². The normalized spacial score (nSPS) is 12.2. The van der Waals surface area contributed by atoms with Crippen molar-refractivity contribution in [3.05, 3.63) is 48.8 Å². The maximum absolute atomic E-state index is 12.1. The van der Waals surface area contributed by atoms with E-state index in [4.69, 9.17) is 11.6 Å². The van der Waals surface area contributed by atoms with Gasteiger partial charge in [-0.05, 0) is 40.2 Å². The van der Waals surface area contributed by atoms with Crippen molar-refractivity contribution in [2.45, 2.75) is 0 Å². The average molecular weight is 388 g/mol. The molecule has 0 atom stereocenters. The van der Waals surface area contributed by atoms with Gasteiger partial charge in [-0.3, -0.25) is 4.79 Å². The minimum atomic E-state index is -0.264. The molecule has 2 heterocycles. The van der Waals surface area contributed by atoms with E-state index in [1.165, 1.54) is 22.7 Å². The van der Waals surface area contributed by atoms with Crippen molar-refractivity contribution in [2.75, 3.05) is 0 Å². The largest absolute Gasteiger partial charge is 0.318 e. The molecule has 0 spiro atoms. The van der Waals surface area contributed by atoms with Gasteiger partial charge in [0.05, 0.1) is 19.4 Å². The van der Waals surface area contributed by atoms with Crippen molar-refractivity contribution in [2.24, 2.45) is 12.0 Å². The van der Waals surface area contributed by atoms with Crippen LogP contribution in [0.1, 0.15) is 9.67 Å². The molecule has 2 aromatic heterocycles. The lowest BCUT2D eigenvalue weighted by Gasteiger charge is -1.97. The summed E-state index contributed by atoms with van der Waals surface area (Å²) in [4.78, 5) is 17.5. The number of carbonyl (C=O) groups is 1. The summed E-state index contributed by atoms with van der Waals surface area (Å²) in [5.74, 6) is -0.264. The second-order valence-electron chi connectivity index (χ2n) is 4.05. The molecule has 0 N–H and O–H groups in total. The summed E-state index contributed by atoms with van der Waals surface area (Å²) in [5, 5.41) is 0. The molecule has 0 unspecified atom stereocenters. The number of hydrogen-bond acceptors (Lipinski definition) is 3. The van der Waals surface area contributed by atoms with Crippen LogP contribution in [0.2, 0.25) is 4.34 Å². The third kappa shape index (κ3) is 2.48. The Balaban J connectivity index is 2.15. The quantitative estimate of drug-likeness (QED) is 0.607. The van der Waals surface area contributed by atoms with Crippen LogP contribution < -0.4 is 4.80 Å². The van der Waals surface area contributed by atoms with E-state index < -0.39 is 0 Å². The highest BCUT2D eigenvalue weighted by Gasteiger charge is 2.10. The maximum Gasteiger partial charge on any atom is 0.289 e. The molecule has 3 nitrogen and oxygen atoms in total. The molecule has 0 saturated carbocycles. The van der Waals surface area contributed by atoms with Crippen LogP contribution in [0.3, 0.4) is 0 Å². The lowest BCUT2D eigenvalue weighted by atomic mass is 10.3. The van der Waals surface area contributed by atoms with Gasteiger partial charge in [-0.1, -0.05) is 29.0 Å². The Labute approximate surface area is 136 Å². The summed E-state index contributed by atoms with van der Waals surface area (Å²) in [6, 6.07) is 9.35. The van der Waals surface area contributed by atoms with Crippen LogP contribution in [0.5, 0.6) is 0 Å². The molecule has 3 aromatic rings. The van der Waals surface area contributed by atoms with E-state index in [9.17, 15) is 4.79 Å². The number of aryl methyl sites for hydroxylation is 1. The molecule has 0 bridgehead atoms. The Hall–Kier alpha value is -0.950. The number of benzene rings is 1. The van der Waals surface area contributed by atoms with Gasteiger partial charge in [-0.2, -0.15) is 4.99 Å². The number of nitrogens with zero attached hydrogens (tertiary/aromatic N) is 2. The number of hydrogen-bond donors (Lipinski definition) is 0. The number of para-hydroxylation sites is 1. The zero-order valence-corrected chi connectivity index (χ0v) is 14.2. The van der Waals surface area contributed by atoms with Gasteiger partial charge in [-0.15, -0.1) is 11.3 Å². The Bertz CT molecular complexity index is 878. The minimum Gasteiger partial charge on any atom is -0.318 e. The summed E-state index contributed by atoms with van der Waals surface area (Å²) < 4.78 is 4.57. The highest BCUT2D eigenvalue weighted by molar-refractivity contribution is 9.10. The summed E-state index contributed by atoms with van der Waals surface area (Å²) in [6.45, 7) is 0. The number of aromatic nitrogens is 1. The first-order chi connectivity index (χ1) is 9.56. The van der Waals surface area contributed by atoms with E-state index in [0.717, 1.165) is 14.7 Å². The number of halogens is 2. The number of amides is 1. The first-order valence-corrected chi connectivity index (χ1v) is 8.45. The molecule has 0 fully saturated rings. The molecule has 0 aliphatic rings. The van der Waals surface area contributed by atoms with Crippen molar-refractivity contribution in [3.63, 3.8) is 0 Å². The molecule has 0 aliphatic carbocycles. The average Bonchev–Trinajstić information content (AvgIpc) is 2.96. The van der Waals surface area contributed by atoms with Gasteiger partial charge in [0, 0.05) is 11.5 Å². The van der Waals surface area contributed by atoms with Crippen LogP contribution in [0.4, 0.5) is 0 Å². The molecule has 20 heavy (non-hydrogen) atoms. The number of fused-ring (bicyclic) bond motifs is 1. The molecule has 102 valence electrons. The summed E-state index contributed by atoms with van der Waals surface area (Å²) in [7, 11) is 1.90. The Morgan fingerprint density at radius 1 is 1.30 bits per heavy atom. The van der Waals surface area contributed by atoms with Gasteiger partial charge >= 0.3 is 0 Å². The number of thiazole rings is 1. The van der Waals surface area contributed by atoms with Crippen molar-refractivity contribution in [3.8, 4) is 0 Å². The van der Waals surface area contributed by atoms with Gasteiger partial charge in [0.25, 0.3) is 5.91 Å². The fourth-order valence-electron chi connectivity index (χ4n) is 1.83. The predicted molar refractivity (Wildman–Crippen MR) is 87.7 cm³/mol. The molecular weight excluding hydrogens is 380 g/mol. The summed E-state index contributed by atoms with van der Waals surface area (Å²) in [5.41, 5.74) is 1.04. The van der Waals surface area contributed by atoms with E-state index in [1.807, 2.05) is 29.8 Å². The van der Waals surface area contributed by atoms with Crippen LogP contribution >= 0.6 is 50.2 Å². The van der Waals surface area contributed by atoms with E-state index in [2.05, 4.69) is 20.9 Å². The first kappa shape index (κ1) is 14.0. The first-order valence-electron chi connectivity index (χ1n) is 5.64. The lowest BCUT2D eigenvalue weighted by molar-refractivity contribution is 0.100. The van der Waals surface area contributed by atoms with E-state index in [-0.39, 0.29) is 5.91 Å². The van der Waals surface area contributed by atoms with Crippen LogP contribution in [-0.4, -0.2) is 10.5 Å². The van der Waals surface area contributed by atoms with Crippen molar-refractivity contribution < 1.29 is 4.79 Å². The fraction of sp³-hybridized carbons (Fsp3) is 0.0769. The number of carbonyl (C=O) groups excluding carboxylic acids is 1. The van der Waals surface area contributed by atoms with Crippen LogP contribution in [-0.2, 0) is 7.05 Å². The van der Waals surface area contributed by atoms with Crippen molar-refractivity contribution in [1.82, 2.24) is 4.57 Å². The van der Waals surface area contributed by atoms with Gasteiger partial charge in [0.2, 0.25) is 0 Å². The Morgan fingerprint density at radius 3 is 2.75 bits per heavy atom. The van der Waals surface area contributed by atoms with E-state index in [0.29, 0.717) is 14.0 Å². The van der Waals surface area contributed by atoms with Gasteiger partial charge in [-0.25, -0.2) is 0 Å². The smallest absolute Gasteiger partial charge is 0.289 e. The molecule has 1 amide bonds. The third-order valence-corrected chi connectivity index (χ3v) is 5.71. The monoisotopic (exact) mass is 386 g/mol. The Kier molecular flexibility index (Phi) is 3.81. The summed E-state index contributed by atoms with van der Waals surface area (Å²) >= 11 is 12.1. The second kappa shape index (κ2) is 5.44. The third-order valence-electron chi connectivity index (χ3n) is 2.75. The predicted octanol–water partition coefficient (Wildman–Crippen LogP) is 4.46. The van der Waals surface area contributed by atoms with Gasteiger partial charge in [0.1, 0.15) is 0 Å². The zero-order chi connectivity index (χ0) is 14.3. The molecule has 0 aliphatic heterocycles. The molecular formula is C13H8BrClN2OS2. The van der Waals surface area contributed by atoms with Crippen molar-refractivity contribution in [1.29, 1.82) is 0 Å². The van der Waals surface area contributed by atoms with Gasteiger partial charge in [0.15, 0.2) is 4.80 Å². The van der Waals surface area contributed by atoms with E-state index in [1.54, 1.807) is 12.1 Å². The molecule has 0 radical (unpaired) electrons. The molecule has 7 heteroatoms. The zero-order valence-electron chi connectivity index (χ0n) is 10.3. The SMILES string of the molecule is Cn1c(=NC(=O)c2ccc(Cl)s2)sc2cccc(Br)c21. The highest BCUT2D eigenvalue weighted by Crippen LogP contribution is 2.25. The maximum atomic E-state index is 12.1.